The summed E-state index contributed by atoms with van der Waals surface area (Å²) < 4.78 is 0. The van der Waals surface area contributed by atoms with E-state index >= 15 is 0 Å². The molecule has 0 bridgehead atoms. The number of benzene rings is 1. The summed E-state index contributed by atoms with van der Waals surface area (Å²) in [7, 11) is 1.72. The van der Waals surface area contributed by atoms with Crippen LogP contribution in [0.3, 0.4) is 0 Å². The van der Waals surface area contributed by atoms with Crippen molar-refractivity contribution in [1.29, 1.82) is 0 Å². The van der Waals surface area contributed by atoms with Crippen molar-refractivity contribution in [3.05, 3.63) is 34.9 Å². The van der Waals surface area contributed by atoms with Gasteiger partial charge in [0.25, 0.3) is 0 Å². The Hall–Kier alpha value is -1.59. The van der Waals surface area contributed by atoms with Gasteiger partial charge in [0.2, 0.25) is 11.8 Å². The molecule has 6 heteroatoms. The molecule has 0 aliphatic carbocycles. The first-order valence-electron chi connectivity index (χ1n) is 7.27. The molecule has 1 saturated heterocycles. The van der Waals surface area contributed by atoms with Crippen molar-refractivity contribution in [2.75, 3.05) is 13.6 Å². The predicted molar refractivity (Wildman–Crippen MR) is 86.3 cm³/mol. The quantitative estimate of drug-likeness (QED) is 0.885. The normalized spacial score (nSPS) is 22.0. The van der Waals surface area contributed by atoms with E-state index in [1.54, 1.807) is 24.1 Å². The summed E-state index contributed by atoms with van der Waals surface area (Å²) in [4.78, 5) is 26.1. The Labute approximate surface area is 135 Å². The Bertz CT molecular complexity index is 583. The molecule has 1 aromatic carbocycles. The molecule has 2 unspecified atom stereocenters. The second kappa shape index (κ2) is 6.26. The summed E-state index contributed by atoms with van der Waals surface area (Å²) in [6.07, 6.45) is 0.199. The topological polar surface area (TPSA) is 75.4 Å². The zero-order chi connectivity index (χ0) is 16.5. The molecule has 22 heavy (non-hydrogen) atoms. The molecule has 0 radical (unpaired) electrons. The maximum atomic E-state index is 12.5. The number of rotatable bonds is 4. The van der Waals surface area contributed by atoms with Gasteiger partial charge in [-0.05, 0) is 31.5 Å². The molecule has 3 N–H and O–H groups in total. The maximum absolute atomic E-state index is 12.5. The fourth-order valence-electron chi connectivity index (χ4n) is 2.70. The minimum absolute atomic E-state index is 0.0443. The van der Waals surface area contributed by atoms with Crippen LogP contribution in [0.15, 0.2) is 24.3 Å². The van der Waals surface area contributed by atoms with E-state index in [-0.39, 0.29) is 24.3 Å². The lowest BCUT2D eigenvalue weighted by Crippen LogP contribution is -2.47. The fourth-order valence-corrected chi connectivity index (χ4v) is 2.90. The maximum Gasteiger partial charge on any atom is 0.226 e. The highest BCUT2D eigenvalue weighted by Crippen LogP contribution is 2.37. The molecule has 2 atom stereocenters. The highest BCUT2D eigenvalue weighted by molar-refractivity contribution is 6.30. The third kappa shape index (κ3) is 3.78. The van der Waals surface area contributed by atoms with E-state index in [2.05, 4.69) is 5.32 Å². The summed E-state index contributed by atoms with van der Waals surface area (Å²) in [5, 5.41) is 3.43. The number of likely N-dealkylation sites (tertiary alicyclic amines) is 1. The number of nitrogens with two attached hydrogens (primary N) is 1. The number of hydrogen-bond acceptors (Lipinski definition) is 3. The Morgan fingerprint density at radius 1 is 1.50 bits per heavy atom. The molecule has 5 nitrogen and oxygen atoms in total. The van der Waals surface area contributed by atoms with Crippen LogP contribution in [0.2, 0.25) is 5.02 Å². The molecule has 1 fully saturated rings. The monoisotopic (exact) mass is 323 g/mol. The third-order valence-corrected chi connectivity index (χ3v) is 4.07. The molecule has 0 spiro atoms. The lowest BCUT2D eigenvalue weighted by molar-refractivity contribution is -0.128. The van der Waals surface area contributed by atoms with Crippen molar-refractivity contribution < 1.29 is 9.59 Å². The smallest absolute Gasteiger partial charge is 0.226 e. The van der Waals surface area contributed by atoms with Crippen LogP contribution >= 0.6 is 11.6 Å². The molecular formula is C16H22ClN3O2. The van der Waals surface area contributed by atoms with Crippen LogP contribution in [0, 0.1) is 5.92 Å². The van der Waals surface area contributed by atoms with Crippen molar-refractivity contribution in [2.45, 2.75) is 31.8 Å². The summed E-state index contributed by atoms with van der Waals surface area (Å²) in [5.41, 5.74) is 6.27. The summed E-state index contributed by atoms with van der Waals surface area (Å²) in [5.74, 6) is -0.628. The van der Waals surface area contributed by atoms with Gasteiger partial charge in [-0.25, -0.2) is 0 Å². The molecule has 1 aliphatic rings. The van der Waals surface area contributed by atoms with Crippen LogP contribution in [-0.2, 0) is 9.59 Å². The molecule has 0 saturated carbocycles. The van der Waals surface area contributed by atoms with Crippen molar-refractivity contribution >= 4 is 23.4 Å². The largest absolute Gasteiger partial charge is 0.354 e. The van der Waals surface area contributed by atoms with Gasteiger partial charge < -0.3 is 16.0 Å². The number of amides is 2. The second-order valence-electron chi connectivity index (χ2n) is 6.52. The molecule has 2 rings (SSSR count). The highest BCUT2D eigenvalue weighted by Gasteiger charge is 2.42. The standard InChI is InChI=1S/C16H22ClN3O2/c1-16(2,18)9-19-15(22)12-8-13(21)20(3)14(12)10-5-4-6-11(17)7-10/h4-7,12,14H,8-9,18H2,1-3H3,(H,19,22). The van der Waals surface area contributed by atoms with E-state index in [1.165, 1.54) is 0 Å². The van der Waals surface area contributed by atoms with Gasteiger partial charge in [-0.3, -0.25) is 9.59 Å². The Balaban J connectivity index is 2.21. The molecular weight excluding hydrogens is 302 g/mol. The molecule has 1 aliphatic heterocycles. The second-order valence-corrected chi connectivity index (χ2v) is 6.96. The zero-order valence-corrected chi connectivity index (χ0v) is 13.9. The fraction of sp³-hybridized carbons (Fsp3) is 0.500. The van der Waals surface area contributed by atoms with Crippen molar-refractivity contribution in [2.24, 2.45) is 11.7 Å². The number of hydrogen-bond donors (Lipinski definition) is 2. The van der Waals surface area contributed by atoms with Gasteiger partial charge in [-0.1, -0.05) is 23.7 Å². The minimum atomic E-state index is -0.490. The van der Waals surface area contributed by atoms with Crippen LogP contribution in [0.1, 0.15) is 31.9 Å². The first-order valence-corrected chi connectivity index (χ1v) is 7.64. The first-order chi connectivity index (χ1) is 10.2. The molecule has 0 aromatic heterocycles. The Morgan fingerprint density at radius 3 is 2.77 bits per heavy atom. The zero-order valence-electron chi connectivity index (χ0n) is 13.1. The average molecular weight is 324 g/mol. The third-order valence-electron chi connectivity index (χ3n) is 3.83. The summed E-state index contributed by atoms with van der Waals surface area (Å²) in [6, 6.07) is 6.99. The van der Waals surface area contributed by atoms with E-state index in [1.807, 2.05) is 26.0 Å². The summed E-state index contributed by atoms with van der Waals surface area (Å²) in [6.45, 7) is 4.05. The van der Waals surface area contributed by atoms with Crippen LogP contribution in [0.4, 0.5) is 0 Å². The van der Waals surface area contributed by atoms with Crippen molar-refractivity contribution in [3.63, 3.8) is 0 Å². The Morgan fingerprint density at radius 2 is 2.18 bits per heavy atom. The van der Waals surface area contributed by atoms with Crippen molar-refractivity contribution in [1.82, 2.24) is 10.2 Å². The molecule has 1 aromatic rings. The van der Waals surface area contributed by atoms with E-state index in [0.29, 0.717) is 11.6 Å². The van der Waals surface area contributed by atoms with Crippen molar-refractivity contribution in [3.8, 4) is 0 Å². The number of carbonyl (C=O) groups is 2. The predicted octanol–water partition coefficient (Wildman–Crippen LogP) is 1.71. The van der Waals surface area contributed by atoms with E-state index in [4.69, 9.17) is 17.3 Å². The number of halogens is 1. The van der Waals surface area contributed by atoms with E-state index < -0.39 is 11.5 Å². The van der Waals surface area contributed by atoms with Gasteiger partial charge in [-0.2, -0.15) is 0 Å². The molecule has 120 valence electrons. The van der Waals surface area contributed by atoms with Gasteiger partial charge >= 0.3 is 0 Å². The first kappa shape index (κ1) is 16.8. The van der Waals surface area contributed by atoms with Crippen LogP contribution in [-0.4, -0.2) is 35.8 Å². The average Bonchev–Trinajstić information content (AvgIpc) is 2.71. The van der Waals surface area contributed by atoms with E-state index in [9.17, 15) is 9.59 Å². The van der Waals surface area contributed by atoms with Gasteiger partial charge in [0.15, 0.2) is 0 Å². The van der Waals surface area contributed by atoms with Gasteiger partial charge in [0.05, 0.1) is 12.0 Å². The SMILES string of the molecule is CN1C(=O)CC(C(=O)NCC(C)(C)N)C1c1cccc(Cl)c1. The summed E-state index contributed by atoms with van der Waals surface area (Å²) >= 11 is 6.04. The van der Waals surface area contributed by atoms with Gasteiger partial charge in [-0.15, -0.1) is 0 Å². The lowest BCUT2D eigenvalue weighted by Gasteiger charge is -2.26. The van der Waals surface area contributed by atoms with Gasteiger partial charge in [0, 0.05) is 30.6 Å². The molecule has 1 heterocycles. The molecule has 2 amide bonds. The van der Waals surface area contributed by atoms with Gasteiger partial charge in [0.1, 0.15) is 0 Å². The van der Waals surface area contributed by atoms with E-state index in [0.717, 1.165) is 5.56 Å². The van der Waals surface area contributed by atoms with Crippen LogP contribution < -0.4 is 11.1 Å². The Kier molecular flexibility index (Phi) is 4.78. The minimum Gasteiger partial charge on any atom is -0.354 e. The number of nitrogens with zero attached hydrogens (tertiary/aromatic N) is 1. The number of nitrogens with one attached hydrogen (secondary N) is 1. The highest BCUT2D eigenvalue weighted by atomic mass is 35.5. The number of carbonyl (C=O) groups excluding carboxylic acids is 2. The van der Waals surface area contributed by atoms with Crippen LogP contribution in [0.25, 0.3) is 0 Å². The lowest BCUT2D eigenvalue weighted by atomic mass is 9.92. The van der Waals surface area contributed by atoms with Crippen LogP contribution in [0.5, 0.6) is 0 Å².